The van der Waals surface area contributed by atoms with E-state index in [1.807, 2.05) is 0 Å². The number of piperidine rings is 1. The maximum absolute atomic E-state index is 14.6. The first-order valence-corrected chi connectivity index (χ1v) is 11.1. The molecule has 0 atom stereocenters. The van der Waals surface area contributed by atoms with Crippen LogP contribution in [0.2, 0.25) is 0 Å². The van der Waals surface area contributed by atoms with Crippen LogP contribution >= 0.6 is 0 Å². The van der Waals surface area contributed by atoms with Gasteiger partial charge in [0.1, 0.15) is 0 Å². The van der Waals surface area contributed by atoms with Crippen molar-refractivity contribution in [2.45, 2.75) is 112 Å². The third-order valence-corrected chi connectivity index (χ3v) is 6.73. The molecule has 0 spiro atoms. The fraction of sp³-hybridized carbons (Fsp3) is 1.00. The van der Waals surface area contributed by atoms with Crippen LogP contribution in [0.5, 0.6) is 0 Å². The minimum atomic E-state index is -8.64. The average molecular weight is 632 g/mol. The van der Waals surface area contributed by atoms with Gasteiger partial charge < -0.3 is 5.21 Å². The second kappa shape index (κ2) is 9.87. The molecule has 20 heteroatoms. The van der Waals surface area contributed by atoms with E-state index in [1.54, 1.807) is 0 Å². The molecule has 1 heterocycles. The summed E-state index contributed by atoms with van der Waals surface area (Å²) in [5.74, 6) is -56.5. The van der Waals surface area contributed by atoms with E-state index in [0.717, 1.165) is 12.0 Å². The molecule has 0 aromatic rings. The smallest absolute Gasteiger partial charge is 0.313 e. The van der Waals surface area contributed by atoms with Gasteiger partial charge in [-0.2, -0.15) is 79.7 Å². The zero-order valence-corrected chi connectivity index (χ0v) is 21.2. The molecule has 0 aromatic heterocycles. The van der Waals surface area contributed by atoms with Crippen molar-refractivity contribution in [2.24, 2.45) is 0 Å². The van der Waals surface area contributed by atoms with Gasteiger partial charge >= 0.3 is 47.6 Å². The Kier molecular flexibility index (Phi) is 9.06. The molecule has 0 saturated carbocycles. The highest BCUT2D eigenvalue weighted by atomic mass is 19.4. The number of hydrogen-bond acceptors (Lipinski definition) is 3. The van der Waals surface area contributed by atoms with E-state index in [1.165, 1.54) is 27.7 Å². The maximum Gasteiger partial charge on any atom is 0.460 e. The van der Waals surface area contributed by atoms with E-state index in [2.05, 4.69) is 0 Å². The Morgan fingerprint density at radius 2 is 0.900 bits per heavy atom. The minimum Gasteiger partial charge on any atom is -0.313 e. The average Bonchev–Trinajstić information content (AvgIpc) is 2.73. The van der Waals surface area contributed by atoms with Crippen molar-refractivity contribution in [3.05, 3.63) is 0 Å². The lowest BCUT2D eigenvalue weighted by Crippen LogP contribution is -2.75. The summed E-state index contributed by atoms with van der Waals surface area (Å²) in [5.41, 5.74) is -2.57. The Bertz CT molecular complexity index is 895. The van der Waals surface area contributed by atoms with Crippen LogP contribution in [0.1, 0.15) is 47.5 Å². The van der Waals surface area contributed by atoms with Crippen LogP contribution in [0, 0.1) is 0 Å². The second-order valence-corrected chi connectivity index (χ2v) is 10.7. The van der Waals surface area contributed by atoms with Gasteiger partial charge in [-0.15, -0.1) is 0 Å². The Hall–Kier alpha value is -1.31. The first kappa shape index (κ1) is 36.7. The normalized spacial score (nSPS) is 21.3. The topological polar surface area (TPSA) is 26.7 Å². The molecule has 0 aliphatic carbocycles. The highest BCUT2D eigenvalue weighted by Crippen LogP contribution is 2.64. The van der Waals surface area contributed by atoms with Crippen molar-refractivity contribution >= 4 is 0 Å². The molecule has 1 saturated heterocycles. The summed E-state index contributed by atoms with van der Waals surface area (Å²) in [6.45, 7) is 3.06. The molecular weight excluding hydrogens is 607 g/mol. The molecule has 0 radical (unpaired) electrons. The fourth-order valence-corrected chi connectivity index (χ4v) is 4.53. The van der Waals surface area contributed by atoms with Crippen LogP contribution < -0.4 is 0 Å². The summed E-state index contributed by atoms with van der Waals surface area (Å²) < 4.78 is 230. The summed E-state index contributed by atoms with van der Waals surface area (Å²) >= 11 is 0. The highest BCUT2D eigenvalue weighted by molar-refractivity contribution is 5.15. The van der Waals surface area contributed by atoms with E-state index in [4.69, 9.17) is 0 Å². The Morgan fingerprint density at radius 1 is 0.600 bits per heavy atom. The minimum absolute atomic E-state index is 0.323. The molecule has 1 aliphatic rings. The summed E-state index contributed by atoms with van der Waals surface area (Å²) in [5, 5.41) is 11.0. The lowest BCUT2D eigenvalue weighted by Gasteiger charge is -2.54. The molecule has 1 rings (SSSR count). The van der Waals surface area contributed by atoms with Gasteiger partial charge in [0, 0.05) is 17.1 Å². The van der Waals surface area contributed by atoms with E-state index < -0.39 is 77.8 Å². The van der Waals surface area contributed by atoms with Crippen LogP contribution in [0.25, 0.3) is 0 Å². The summed E-state index contributed by atoms with van der Waals surface area (Å²) in [6, 6.07) is -1.29. The monoisotopic (exact) mass is 632 g/mol. The maximum atomic E-state index is 14.6. The number of hydroxylamine groups is 2. The number of hydrogen-bond donors (Lipinski definition) is 1. The third-order valence-electron chi connectivity index (χ3n) is 6.73. The van der Waals surface area contributed by atoms with Gasteiger partial charge in [0.05, 0.1) is 6.54 Å². The van der Waals surface area contributed by atoms with Crippen LogP contribution in [0.4, 0.5) is 74.6 Å². The second-order valence-electron chi connectivity index (χ2n) is 10.7. The van der Waals surface area contributed by atoms with Gasteiger partial charge in [-0.05, 0) is 47.1 Å². The van der Waals surface area contributed by atoms with Crippen LogP contribution in [0.3, 0.4) is 0 Å². The van der Waals surface area contributed by atoms with Crippen LogP contribution in [-0.4, -0.2) is 93.0 Å². The van der Waals surface area contributed by atoms with Crippen molar-refractivity contribution in [1.29, 1.82) is 0 Å². The van der Waals surface area contributed by atoms with Gasteiger partial charge in [0.15, 0.2) is 0 Å². The van der Waals surface area contributed by atoms with Gasteiger partial charge in [-0.1, -0.05) is 6.92 Å². The number of halogens is 17. The Morgan fingerprint density at radius 3 is 1.20 bits per heavy atom. The molecule has 0 unspecified atom stereocenters. The third kappa shape index (κ3) is 5.21. The molecule has 1 fully saturated rings. The van der Waals surface area contributed by atoms with Gasteiger partial charge in [0.25, 0.3) is 0 Å². The molecule has 0 aromatic carbocycles. The number of rotatable bonds is 10. The van der Waals surface area contributed by atoms with Crippen LogP contribution in [0.15, 0.2) is 0 Å². The standard InChI is InChI=1S/C20H25F17N2O/c1-6-38(10-7-11(2,3)39(40)12(4,5)8-10)9-13(21,22)14(23,24)15(25,26)16(27,28)17(29,30)18(31,32)19(33,34)20(35,36)37/h10,40H,6-9H2,1-5H3. The lowest BCUT2D eigenvalue weighted by molar-refractivity contribution is -0.461. The molecule has 0 amide bonds. The van der Waals surface area contributed by atoms with Gasteiger partial charge in [0.2, 0.25) is 0 Å². The molecule has 1 N–H and O–H groups in total. The van der Waals surface area contributed by atoms with Crippen molar-refractivity contribution in [3.8, 4) is 0 Å². The van der Waals surface area contributed by atoms with Gasteiger partial charge in [-0.3, -0.25) is 4.90 Å². The van der Waals surface area contributed by atoms with Crippen molar-refractivity contribution in [3.63, 3.8) is 0 Å². The molecule has 3 nitrogen and oxygen atoms in total. The molecule has 40 heavy (non-hydrogen) atoms. The first-order valence-electron chi connectivity index (χ1n) is 11.1. The fourth-order valence-electron chi connectivity index (χ4n) is 4.53. The van der Waals surface area contributed by atoms with E-state index in [-0.39, 0.29) is 12.8 Å². The lowest BCUT2D eigenvalue weighted by atomic mass is 9.78. The summed E-state index contributed by atoms with van der Waals surface area (Å²) in [7, 11) is 0. The number of nitrogens with zero attached hydrogens (tertiary/aromatic N) is 2. The predicted molar refractivity (Wildman–Crippen MR) is 103 cm³/mol. The van der Waals surface area contributed by atoms with Gasteiger partial charge in [-0.25, -0.2) is 0 Å². The Labute approximate surface area is 216 Å². The predicted octanol–water partition coefficient (Wildman–Crippen LogP) is 7.73. The van der Waals surface area contributed by atoms with E-state index >= 15 is 0 Å². The quantitative estimate of drug-likeness (QED) is 0.250. The largest absolute Gasteiger partial charge is 0.460 e. The van der Waals surface area contributed by atoms with Crippen molar-refractivity contribution < 1.29 is 79.8 Å². The molecular formula is C20H25F17N2O. The molecule has 240 valence electrons. The van der Waals surface area contributed by atoms with Crippen molar-refractivity contribution in [1.82, 2.24) is 9.96 Å². The van der Waals surface area contributed by atoms with Crippen LogP contribution in [-0.2, 0) is 0 Å². The van der Waals surface area contributed by atoms with Crippen molar-refractivity contribution in [2.75, 3.05) is 13.1 Å². The molecule has 0 bridgehead atoms. The molecule has 1 aliphatic heterocycles. The van der Waals surface area contributed by atoms with E-state index in [9.17, 15) is 79.8 Å². The zero-order chi connectivity index (χ0) is 32.6. The summed E-state index contributed by atoms with van der Waals surface area (Å²) in [4.78, 5) is 0.323. The summed E-state index contributed by atoms with van der Waals surface area (Å²) in [6.07, 6.45) is -8.47. The first-order chi connectivity index (χ1) is 17.1. The Balaban J connectivity index is 3.55. The highest BCUT2D eigenvalue weighted by Gasteiger charge is 2.95. The SMILES string of the molecule is CCN(CC(F)(F)C(F)(F)C(F)(F)C(F)(F)C(F)(F)C(F)(F)C(F)(F)C(F)(F)F)C1CC(C)(C)N(O)C(C)(C)C1. The van der Waals surface area contributed by atoms with E-state index in [0.29, 0.717) is 4.90 Å². The zero-order valence-electron chi connectivity index (χ0n) is 21.2. The number of alkyl halides is 17.